The van der Waals surface area contributed by atoms with Crippen molar-refractivity contribution in [3.63, 3.8) is 0 Å². The summed E-state index contributed by atoms with van der Waals surface area (Å²) in [5.41, 5.74) is 6.86. The molecule has 0 fully saturated rings. The minimum atomic E-state index is 0.253. The van der Waals surface area contributed by atoms with Gasteiger partial charge in [0, 0.05) is 24.5 Å². The van der Waals surface area contributed by atoms with Crippen LogP contribution in [0, 0.1) is 0 Å². The van der Waals surface area contributed by atoms with Crippen LogP contribution >= 0.6 is 0 Å². The topological polar surface area (TPSA) is 41.9 Å². The van der Waals surface area contributed by atoms with Gasteiger partial charge in [-0.1, -0.05) is 12.5 Å². The smallest absolute Gasteiger partial charge is 0.0737 e. The average molecular weight is 274 g/mol. The number of nitrogens with zero attached hydrogens (tertiary/aromatic N) is 2. The van der Waals surface area contributed by atoms with Crippen LogP contribution in [0.1, 0.15) is 45.6 Å². The van der Waals surface area contributed by atoms with E-state index in [4.69, 9.17) is 0 Å². The number of hydrogen-bond acceptors (Lipinski definition) is 3. The summed E-state index contributed by atoms with van der Waals surface area (Å²) in [5.74, 6) is 0. The van der Waals surface area contributed by atoms with Gasteiger partial charge in [0.15, 0.2) is 0 Å². The Hall–Kier alpha value is -1.55. The molecule has 2 N–H and O–H groups in total. The zero-order valence-electron chi connectivity index (χ0n) is 13.2. The first-order valence-corrected chi connectivity index (χ1v) is 7.41. The van der Waals surface area contributed by atoms with Crippen LogP contribution in [0.4, 0.5) is 0 Å². The highest BCUT2D eigenvalue weighted by Gasteiger charge is 2.20. The summed E-state index contributed by atoms with van der Waals surface area (Å²) in [6, 6.07) is 0. The van der Waals surface area contributed by atoms with Crippen LogP contribution in [-0.2, 0) is 7.05 Å². The molecule has 1 aromatic heterocycles. The summed E-state index contributed by atoms with van der Waals surface area (Å²) in [7, 11) is 3.95. The van der Waals surface area contributed by atoms with Crippen molar-refractivity contribution in [1.29, 1.82) is 0 Å². The lowest BCUT2D eigenvalue weighted by molar-refractivity contribution is 0.540. The lowest BCUT2D eigenvalue weighted by Gasteiger charge is -2.27. The molecule has 0 aliphatic heterocycles. The van der Waals surface area contributed by atoms with Gasteiger partial charge in [-0.15, -0.1) is 0 Å². The quantitative estimate of drug-likeness (QED) is 0.811. The molecule has 0 aromatic carbocycles. The van der Waals surface area contributed by atoms with Crippen LogP contribution in [0.15, 0.2) is 29.2 Å². The van der Waals surface area contributed by atoms with Gasteiger partial charge in [0.05, 0.1) is 12.4 Å². The fourth-order valence-corrected chi connectivity index (χ4v) is 2.78. The molecule has 1 unspecified atom stereocenters. The SMILES string of the molecule is CCC1=C(C)C(NC(C)NC)=C(c2cnn(C)c2)CC1. The van der Waals surface area contributed by atoms with E-state index in [9.17, 15) is 0 Å². The average Bonchev–Trinajstić information content (AvgIpc) is 2.87. The van der Waals surface area contributed by atoms with Crippen LogP contribution in [0.5, 0.6) is 0 Å². The molecule has 2 rings (SSSR count). The predicted octanol–water partition coefficient (Wildman–Crippen LogP) is 2.81. The Labute approximate surface area is 121 Å². The van der Waals surface area contributed by atoms with E-state index in [0.717, 1.165) is 19.3 Å². The molecule has 110 valence electrons. The number of hydrogen-bond donors (Lipinski definition) is 2. The fraction of sp³-hybridized carbons (Fsp3) is 0.562. The summed E-state index contributed by atoms with van der Waals surface area (Å²) in [6.07, 6.45) is 7.70. The van der Waals surface area contributed by atoms with Gasteiger partial charge in [0.2, 0.25) is 0 Å². The predicted molar refractivity (Wildman–Crippen MR) is 84.0 cm³/mol. The molecule has 0 saturated carbocycles. The van der Waals surface area contributed by atoms with Crippen molar-refractivity contribution in [1.82, 2.24) is 20.4 Å². The zero-order chi connectivity index (χ0) is 14.7. The number of aryl methyl sites for hydroxylation is 1. The minimum absolute atomic E-state index is 0.253. The maximum Gasteiger partial charge on any atom is 0.0737 e. The van der Waals surface area contributed by atoms with Crippen molar-refractivity contribution in [3.8, 4) is 0 Å². The van der Waals surface area contributed by atoms with Gasteiger partial charge in [-0.25, -0.2) is 0 Å². The molecule has 1 atom stereocenters. The van der Waals surface area contributed by atoms with Crippen molar-refractivity contribution < 1.29 is 0 Å². The van der Waals surface area contributed by atoms with Crippen molar-refractivity contribution in [2.24, 2.45) is 7.05 Å². The summed E-state index contributed by atoms with van der Waals surface area (Å²) < 4.78 is 1.87. The largest absolute Gasteiger partial charge is 0.370 e. The summed E-state index contributed by atoms with van der Waals surface area (Å²) >= 11 is 0. The van der Waals surface area contributed by atoms with Crippen LogP contribution in [0.3, 0.4) is 0 Å². The van der Waals surface area contributed by atoms with E-state index in [0.29, 0.717) is 0 Å². The van der Waals surface area contributed by atoms with E-state index >= 15 is 0 Å². The van der Waals surface area contributed by atoms with Crippen LogP contribution in [0.25, 0.3) is 5.57 Å². The highest BCUT2D eigenvalue weighted by Crippen LogP contribution is 2.35. The van der Waals surface area contributed by atoms with Crippen LogP contribution < -0.4 is 10.6 Å². The third kappa shape index (κ3) is 2.96. The second-order valence-corrected chi connectivity index (χ2v) is 5.49. The number of allylic oxidation sites excluding steroid dienone is 3. The van der Waals surface area contributed by atoms with E-state index in [1.165, 1.54) is 22.4 Å². The summed E-state index contributed by atoms with van der Waals surface area (Å²) in [5, 5.41) is 11.2. The maximum atomic E-state index is 4.31. The molecule has 0 amide bonds. The monoisotopic (exact) mass is 274 g/mol. The standard InChI is InChI=1S/C16H26N4/c1-6-13-7-8-15(14-9-18-20(5)10-14)16(11(13)2)19-12(3)17-4/h9-10,12,17,19H,6-8H2,1-5H3. The van der Waals surface area contributed by atoms with Crippen LogP contribution in [0.2, 0.25) is 0 Å². The van der Waals surface area contributed by atoms with E-state index in [2.05, 4.69) is 42.7 Å². The minimum Gasteiger partial charge on any atom is -0.370 e. The van der Waals surface area contributed by atoms with Crippen molar-refractivity contribution in [2.75, 3.05) is 7.05 Å². The highest BCUT2D eigenvalue weighted by atomic mass is 15.2. The first-order chi connectivity index (χ1) is 9.56. The molecule has 1 aliphatic rings. The molecular weight excluding hydrogens is 248 g/mol. The Balaban J connectivity index is 2.45. The molecule has 0 spiro atoms. The highest BCUT2D eigenvalue weighted by molar-refractivity contribution is 5.73. The zero-order valence-corrected chi connectivity index (χ0v) is 13.2. The normalized spacial score (nSPS) is 17.6. The molecule has 0 saturated heterocycles. The van der Waals surface area contributed by atoms with Gasteiger partial charge in [-0.05, 0) is 51.3 Å². The fourth-order valence-electron chi connectivity index (χ4n) is 2.78. The number of nitrogens with one attached hydrogen (secondary N) is 2. The second kappa shape index (κ2) is 6.27. The van der Waals surface area contributed by atoms with Gasteiger partial charge >= 0.3 is 0 Å². The Morgan fingerprint density at radius 1 is 1.40 bits per heavy atom. The Morgan fingerprint density at radius 2 is 2.15 bits per heavy atom. The molecule has 20 heavy (non-hydrogen) atoms. The van der Waals surface area contributed by atoms with E-state index in [-0.39, 0.29) is 6.17 Å². The lowest BCUT2D eigenvalue weighted by atomic mass is 9.86. The van der Waals surface area contributed by atoms with E-state index in [1.54, 1.807) is 5.57 Å². The molecule has 0 radical (unpaired) electrons. The van der Waals surface area contributed by atoms with Gasteiger partial charge in [0.1, 0.15) is 0 Å². The Kier molecular flexibility index (Phi) is 4.65. The Morgan fingerprint density at radius 3 is 2.70 bits per heavy atom. The number of aromatic nitrogens is 2. The van der Waals surface area contributed by atoms with E-state index < -0.39 is 0 Å². The molecule has 4 nitrogen and oxygen atoms in total. The summed E-state index contributed by atoms with van der Waals surface area (Å²) in [4.78, 5) is 0. The van der Waals surface area contributed by atoms with Crippen molar-refractivity contribution in [2.45, 2.75) is 46.2 Å². The summed E-state index contributed by atoms with van der Waals surface area (Å²) in [6.45, 7) is 6.62. The first kappa shape index (κ1) is 14.9. The molecular formula is C16H26N4. The van der Waals surface area contributed by atoms with Crippen molar-refractivity contribution >= 4 is 5.57 Å². The van der Waals surface area contributed by atoms with Gasteiger partial charge in [0.25, 0.3) is 0 Å². The van der Waals surface area contributed by atoms with Crippen molar-refractivity contribution in [3.05, 3.63) is 34.8 Å². The Bertz CT molecular complexity index is 536. The van der Waals surface area contributed by atoms with Gasteiger partial charge in [-0.2, -0.15) is 5.10 Å². The molecule has 1 aromatic rings. The van der Waals surface area contributed by atoms with Crippen LogP contribution in [-0.4, -0.2) is 23.0 Å². The van der Waals surface area contributed by atoms with Gasteiger partial charge in [-0.3, -0.25) is 4.68 Å². The molecule has 4 heteroatoms. The number of rotatable bonds is 5. The molecule has 0 bridgehead atoms. The second-order valence-electron chi connectivity index (χ2n) is 5.49. The molecule has 1 aliphatic carbocycles. The van der Waals surface area contributed by atoms with E-state index in [1.807, 2.05) is 25.0 Å². The van der Waals surface area contributed by atoms with Gasteiger partial charge < -0.3 is 10.6 Å². The molecule has 1 heterocycles. The third-order valence-corrected chi connectivity index (χ3v) is 4.16. The first-order valence-electron chi connectivity index (χ1n) is 7.41. The lowest BCUT2D eigenvalue weighted by Crippen LogP contribution is -2.38. The third-order valence-electron chi connectivity index (χ3n) is 4.16. The maximum absolute atomic E-state index is 4.31.